The Morgan fingerprint density at radius 2 is 1.95 bits per heavy atom. The second kappa shape index (κ2) is 10.7. The van der Waals surface area contributed by atoms with E-state index in [0.29, 0.717) is 6.61 Å². The van der Waals surface area contributed by atoms with Crippen molar-refractivity contribution in [1.82, 2.24) is 4.98 Å². The lowest BCUT2D eigenvalue weighted by Gasteiger charge is -2.32. The molecule has 5 rings (SSSR count). The summed E-state index contributed by atoms with van der Waals surface area (Å²) in [6.07, 6.45) is 4.78. The zero-order chi connectivity index (χ0) is 26.9. The first-order valence-corrected chi connectivity index (χ1v) is 13.7. The molecule has 1 aliphatic rings. The Labute approximate surface area is 225 Å². The predicted molar refractivity (Wildman–Crippen MR) is 153 cm³/mol. The monoisotopic (exact) mass is 511 g/mol. The number of rotatable bonds is 9. The van der Waals surface area contributed by atoms with Crippen LogP contribution in [0.15, 0.2) is 54.7 Å². The molecular weight excluding hydrogens is 474 g/mol. The highest BCUT2D eigenvalue weighted by atomic mass is 16.6. The minimum absolute atomic E-state index is 0.288. The Bertz CT molecular complexity index is 1480. The van der Waals surface area contributed by atoms with E-state index < -0.39 is 11.7 Å². The van der Waals surface area contributed by atoms with Crippen LogP contribution in [0.5, 0.6) is 5.75 Å². The Morgan fingerprint density at radius 1 is 1.13 bits per heavy atom. The molecule has 1 aliphatic heterocycles. The number of pyridine rings is 1. The molecule has 0 radical (unpaired) electrons. The molecule has 0 N–H and O–H groups in total. The Kier molecular flexibility index (Phi) is 7.40. The number of nitrogens with zero attached hydrogens (tertiary/aromatic N) is 1. The van der Waals surface area contributed by atoms with Crippen molar-refractivity contribution in [3.63, 3.8) is 0 Å². The van der Waals surface area contributed by atoms with Gasteiger partial charge in [0.2, 0.25) is 0 Å². The van der Waals surface area contributed by atoms with E-state index in [1.807, 2.05) is 31.3 Å². The highest BCUT2D eigenvalue weighted by Crippen LogP contribution is 2.45. The summed E-state index contributed by atoms with van der Waals surface area (Å²) in [5.41, 5.74) is 5.36. The largest absolute Gasteiger partial charge is 0.493 e. The van der Waals surface area contributed by atoms with E-state index in [1.165, 1.54) is 5.56 Å². The minimum atomic E-state index is -0.872. The van der Waals surface area contributed by atoms with E-state index in [0.717, 1.165) is 75.4 Å². The van der Waals surface area contributed by atoms with Crippen molar-refractivity contribution in [1.29, 1.82) is 0 Å². The quantitative estimate of drug-likeness (QED) is 0.214. The smallest absolute Gasteiger partial charge is 0.339 e. The maximum Gasteiger partial charge on any atom is 0.339 e. The first kappa shape index (κ1) is 26.2. The van der Waals surface area contributed by atoms with Gasteiger partial charge in [0.1, 0.15) is 5.75 Å². The zero-order valence-electron chi connectivity index (χ0n) is 23.1. The summed E-state index contributed by atoms with van der Waals surface area (Å²) in [4.78, 5) is 18.5. The van der Waals surface area contributed by atoms with E-state index in [4.69, 9.17) is 19.2 Å². The van der Waals surface area contributed by atoms with Crippen LogP contribution in [0.25, 0.3) is 32.8 Å². The number of fused-ring (bicyclic) bond motifs is 1. The van der Waals surface area contributed by atoms with Crippen molar-refractivity contribution >= 4 is 27.6 Å². The summed E-state index contributed by atoms with van der Waals surface area (Å²) in [6, 6.07) is 16.6. The van der Waals surface area contributed by atoms with Crippen molar-refractivity contribution in [3.8, 4) is 16.9 Å². The van der Waals surface area contributed by atoms with Crippen LogP contribution in [0.2, 0.25) is 0 Å². The van der Waals surface area contributed by atoms with Crippen LogP contribution in [0.3, 0.4) is 0 Å². The third-order valence-electron chi connectivity index (χ3n) is 7.47. The Morgan fingerprint density at radius 3 is 2.74 bits per heavy atom. The topological polar surface area (TPSA) is 57.7 Å². The molecule has 0 fully saturated rings. The summed E-state index contributed by atoms with van der Waals surface area (Å²) in [5, 5.41) is 3.20. The van der Waals surface area contributed by atoms with Crippen molar-refractivity contribution in [2.45, 2.75) is 72.0 Å². The summed E-state index contributed by atoms with van der Waals surface area (Å²) in [7, 11) is 0. The van der Waals surface area contributed by atoms with Crippen molar-refractivity contribution in [2.75, 3.05) is 13.2 Å². The van der Waals surface area contributed by atoms with E-state index >= 15 is 0 Å². The zero-order valence-corrected chi connectivity index (χ0v) is 23.1. The van der Waals surface area contributed by atoms with Gasteiger partial charge in [0, 0.05) is 29.1 Å². The molecule has 4 aromatic rings. The lowest BCUT2D eigenvalue weighted by Crippen LogP contribution is -2.32. The molecule has 3 aromatic carbocycles. The molecule has 0 aliphatic carbocycles. The number of hydrogen-bond donors (Lipinski definition) is 0. The summed E-state index contributed by atoms with van der Waals surface area (Å²) < 4.78 is 18.3. The number of hydrogen-bond acceptors (Lipinski definition) is 5. The molecule has 2 heterocycles. The van der Waals surface area contributed by atoms with Crippen LogP contribution >= 0.6 is 0 Å². The van der Waals surface area contributed by atoms with Crippen LogP contribution in [0.1, 0.15) is 69.8 Å². The molecule has 1 aromatic heterocycles. The maximum absolute atomic E-state index is 13.6. The van der Waals surface area contributed by atoms with Crippen LogP contribution in [0.4, 0.5) is 0 Å². The summed E-state index contributed by atoms with van der Waals surface area (Å²) in [5.74, 6) is 0.492. The second-order valence-electron chi connectivity index (χ2n) is 10.7. The lowest BCUT2D eigenvalue weighted by molar-refractivity contribution is -0.169. The van der Waals surface area contributed by atoms with Gasteiger partial charge in [0.05, 0.1) is 24.3 Å². The predicted octanol–water partition coefficient (Wildman–Crippen LogP) is 7.89. The average Bonchev–Trinajstić information content (AvgIpc) is 2.91. The van der Waals surface area contributed by atoms with E-state index in [9.17, 15) is 4.79 Å². The van der Waals surface area contributed by atoms with Gasteiger partial charge in [-0.2, -0.15) is 0 Å². The molecule has 38 heavy (non-hydrogen) atoms. The van der Waals surface area contributed by atoms with Crippen molar-refractivity contribution < 1.29 is 19.0 Å². The summed E-state index contributed by atoms with van der Waals surface area (Å²) >= 11 is 0. The molecule has 0 saturated heterocycles. The van der Waals surface area contributed by atoms with Gasteiger partial charge in [-0.1, -0.05) is 50.1 Å². The highest BCUT2D eigenvalue weighted by molar-refractivity contribution is 6.08. The lowest BCUT2D eigenvalue weighted by atomic mass is 9.85. The van der Waals surface area contributed by atoms with Gasteiger partial charge in [0.25, 0.3) is 0 Å². The molecule has 0 saturated carbocycles. The average molecular weight is 512 g/mol. The molecule has 0 bridgehead atoms. The van der Waals surface area contributed by atoms with E-state index in [2.05, 4.69) is 58.0 Å². The van der Waals surface area contributed by atoms with Gasteiger partial charge in [0.15, 0.2) is 6.10 Å². The molecule has 0 amide bonds. The standard InChI is InChI=1S/C33H37NO4/c1-6-8-17-33(4,5)38-31(32(35)36-7-2)27-21(3)20-23-11-9-10-12-24(23)29(27)25-13-14-26-28-22(16-19-37-26)15-18-34-30(25)28/h9-15,18,20,31H,6-8,16-17,19H2,1-5H3/t31-/m0/s1. The number of ether oxygens (including phenoxy) is 3. The Hall–Kier alpha value is -3.44. The molecule has 0 unspecified atom stereocenters. The van der Waals surface area contributed by atoms with Crippen molar-refractivity contribution in [2.24, 2.45) is 0 Å². The normalized spacial score (nSPS) is 13.9. The number of aryl methyl sites for hydroxylation is 1. The molecule has 5 heteroatoms. The van der Waals surface area contributed by atoms with Gasteiger partial charge >= 0.3 is 5.97 Å². The van der Waals surface area contributed by atoms with E-state index in [1.54, 1.807) is 0 Å². The third kappa shape index (κ3) is 4.88. The van der Waals surface area contributed by atoms with Gasteiger partial charge in [-0.3, -0.25) is 4.98 Å². The highest BCUT2D eigenvalue weighted by Gasteiger charge is 2.35. The second-order valence-corrected chi connectivity index (χ2v) is 10.7. The Balaban J connectivity index is 1.81. The molecular formula is C33H37NO4. The third-order valence-corrected chi connectivity index (χ3v) is 7.47. The molecule has 1 atom stereocenters. The van der Waals surface area contributed by atoms with E-state index in [-0.39, 0.29) is 12.6 Å². The SMILES string of the molecule is CCCCC(C)(C)O[C@H](C(=O)OCC)c1c(C)cc2ccccc2c1-c1ccc2c3c(ccnc13)CCO2. The number of carbonyl (C=O) groups is 1. The van der Waals surface area contributed by atoms with Crippen molar-refractivity contribution in [3.05, 3.63) is 71.4 Å². The number of esters is 1. The summed E-state index contributed by atoms with van der Waals surface area (Å²) in [6.45, 7) is 11.1. The maximum atomic E-state index is 13.6. The number of benzene rings is 3. The first-order valence-electron chi connectivity index (χ1n) is 13.7. The fourth-order valence-corrected chi connectivity index (χ4v) is 5.66. The van der Waals surface area contributed by atoms with Gasteiger partial charge in [-0.05, 0) is 79.8 Å². The fourth-order valence-electron chi connectivity index (χ4n) is 5.66. The molecule has 0 spiro atoms. The van der Waals surface area contributed by atoms with Crippen LogP contribution in [-0.2, 0) is 20.7 Å². The number of carbonyl (C=O) groups excluding carboxylic acids is 1. The number of unbranched alkanes of at least 4 members (excludes halogenated alkanes) is 1. The van der Waals surface area contributed by atoms with Gasteiger partial charge in [-0.15, -0.1) is 0 Å². The minimum Gasteiger partial charge on any atom is -0.493 e. The number of aromatic nitrogens is 1. The first-order chi connectivity index (χ1) is 18.3. The van der Waals surface area contributed by atoms with Gasteiger partial charge < -0.3 is 14.2 Å². The van der Waals surface area contributed by atoms with Crippen LogP contribution < -0.4 is 4.74 Å². The molecule has 198 valence electrons. The van der Waals surface area contributed by atoms with Crippen LogP contribution in [-0.4, -0.2) is 29.8 Å². The van der Waals surface area contributed by atoms with Gasteiger partial charge in [-0.25, -0.2) is 4.79 Å². The fraction of sp³-hybridized carbons (Fsp3) is 0.394. The molecule has 5 nitrogen and oxygen atoms in total. The van der Waals surface area contributed by atoms with Crippen LogP contribution in [0, 0.1) is 6.92 Å².